The second-order valence-corrected chi connectivity index (χ2v) is 9.15. The third-order valence-electron chi connectivity index (χ3n) is 8.39. The van der Waals surface area contributed by atoms with E-state index in [1.54, 1.807) is 0 Å². The minimum atomic E-state index is -0.557. The minimum Gasteiger partial charge on any atom is -0.390 e. The van der Waals surface area contributed by atoms with Crippen molar-refractivity contribution in [2.24, 2.45) is 34.5 Å². The van der Waals surface area contributed by atoms with Gasteiger partial charge in [0.15, 0.2) is 0 Å². The molecule has 0 heterocycles. The van der Waals surface area contributed by atoms with Crippen LogP contribution >= 0.6 is 0 Å². The van der Waals surface area contributed by atoms with Crippen LogP contribution in [-0.4, -0.2) is 28.2 Å². The fourth-order valence-electron chi connectivity index (χ4n) is 7.05. The molecular formula is C19H30O3. The average Bonchev–Trinajstić information content (AvgIpc) is 2.77. The highest BCUT2D eigenvalue weighted by molar-refractivity contribution is 5.87. The van der Waals surface area contributed by atoms with Crippen LogP contribution in [0.4, 0.5) is 0 Å². The van der Waals surface area contributed by atoms with Crippen LogP contribution in [0.2, 0.25) is 0 Å². The van der Waals surface area contributed by atoms with Crippen LogP contribution in [0, 0.1) is 34.5 Å². The van der Waals surface area contributed by atoms with E-state index >= 15 is 0 Å². The summed E-state index contributed by atoms with van der Waals surface area (Å²) >= 11 is 0. The van der Waals surface area contributed by atoms with Crippen LogP contribution < -0.4 is 0 Å². The molecule has 0 bridgehead atoms. The van der Waals surface area contributed by atoms with E-state index in [9.17, 15) is 15.0 Å². The summed E-state index contributed by atoms with van der Waals surface area (Å²) in [5.74, 6) is 2.92. The fourth-order valence-corrected chi connectivity index (χ4v) is 7.05. The van der Waals surface area contributed by atoms with E-state index in [1.165, 1.54) is 12.8 Å². The molecule has 2 N–H and O–H groups in total. The van der Waals surface area contributed by atoms with Crippen molar-refractivity contribution in [2.45, 2.75) is 77.4 Å². The van der Waals surface area contributed by atoms with Crippen LogP contribution in [0.3, 0.4) is 0 Å². The van der Waals surface area contributed by atoms with Gasteiger partial charge in [-0.15, -0.1) is 0 Å². The maximum absolute atomic E-state index is 12.4. The third kappa shape index (κ3) is 1.84. The Labute approximate surface area is 133 Å². The monoisotopic (exact) mass is 306 g/mol. The molecule has 124 valence electrons. The van der Waals surface area contributed by atoms with Gasteiger partial charge in [0.1, 0.15) is 5.78 Å². The summed E-state index contributed by atoms with van der Waals surface area (Å²) in [6.45, 7) is 4.58. The Morgan fingerprint density at radius 1 is 1.00 bits per heavy atom. The second-order valence-electron chi connectivity index (χ2n) is 9.15. The summed E-state index contributed by atoms with van der Waals surface area (Å²) in [5.41, 5.74) is 0.103. The molecule has 3 unspecified atom stereocenters. The van der Waals surface area contributed by atoms with Gasteiger partial charge in [0.05, 0.1) is 12.2 Å². The zero-order valence-electron chi connectivity index (χ0n) is 13.9. The molecule has 4 saturated carbocycles. The first kappa shape index (κ1) is 15.1. The van der Waals surface area contributed by atoms with Gasteiger partial charge in [-0.2, -0.15) is 0 Å². The molecule has 4 fully saturated rings. The van der Waals surface area contributed by atoms with E-state index in [1.807, 2.05) is 0 Å². The van der Waals surface area contributed by atoms with Crippen molar-refractivity contribution in [3.05, 3.63) is 0 Å². The Hall–Kier alpha value is -0.410. The first-order valence-electron chi connectivity index (χ1n) is 9.25. The van der Waals surface area contributed by atoms with E-state index in [4.69, 9.17) is 0 Å². The smallest absolute Gasteiger partial charge is 0.139 e. The standard InChI is InChI=1S/C19H30O3/c1-18-8-7-14-12(13(18)5-6-17(18)22)4-3-11-9-15(20)16(21)10-19(11,14)2/h11-16,20-21H,3-10H2,1-2H3/t11?,12-,13-,14-,15?,16?,18-,19-/m0/s1. The normalized spacial score (nSPS) is 57.9. The van der Waals surface area contributed by atoms with Crippen molar-refractivity contribution in [3.63, 3.8) is 0 Å². The van der Waals surface area contributed by atoms with E-state index in [2.05, 4.69) is 13.8 Å². The summed E-state index contributed by atoms with van der Waals surface area (Å²) in [6.07, 6.45) is 6.87. The van der Waals surface area contributed by atoms with Gasteiger partial charge in [-0.05, 0) is 74.0 Å². The molecule has 0 radical (unpaired) electrons. The van der Waals surface area contributed by atoms with E-state index in [-0.39, 0.29) is 10.8 Å². The van der Waals surface area contributed by atoms with Crippen LogP contribution in [-0.2, 0) is 4.79 Å². The molecule has 4 rings (SSSR count). The van der Waals surface area contributed by atoms with Crippen molar-refractivity contribution >= 4 is 5.78 Å². The van der Waals surface area contributed by atoms with Crippen molar-refractivity contribution in [2.75, 3.05) is 0 Å². The predicted octanol–water partition coefficient (Wildman–Crippen LogP) is 2.93. The fraction of sp³-hybridized carbons (Fsp3) is 0.947. The highest BCUT2D eigenvalue weighted by Crippen LogP contribution is 2.65. The number of aliphatic hydroxyl groups excluding tert-OH is 2. The average molecular weight is 306 g/mol. The Morgan fingerprint density at radius 3 is 2.55 bits per heavy atom. The summed E-state index contributed by atoms with van der Waals surface area (Å²) in [5, 5.41) is 20.3. The Balaban J connectivity index is 1.65. The van der Waals surface area contributed by atoms with Crippen LogP contribution in [0.1, 0.15) is 65.2 Å². The second kappa shape index (κ2) is 4.80. The van der Waals surface area contributed by atoms with Gasteiger partial charge >= 0.3 is 0 Å². The van der Waals surface area contributed by atoms with E-state index in [0.717, 1.165) is 38.5 Å². The molecule has 8 atom stereocenters. The SMILES string of the molecule is C[C@]12CC(O)C(O)CC1CC[C@@H]1[C@@H]2CC[C@]2(C)C(=O)CC[C@@H]12. The zero-order chi connectivity index (χ0) is 15.7. The van der Waals surface area contributed by atoms with Crippen molar-refractivity contribution in [1.82, 2.24) is 0 Å². The molecule has 4 aliphatic rings. The Bertz CT molecular complexity index is 489. The summed E-state index contributed by atoms with van der Waals surface area (Å²) in [6, 6.07) is 0. The number of hydrogen-bond donors (Lipinski definition) is 2. The molecule has 3 heteroatoms. The van der Waals surface area contributed by atoms with Crippen molar-refractivity contribution in [1.29, 1.82) is 0 Å². The van der Waals surface area contributed by atoms with Crippen LogP contribution in [0.5, 0.6) is 0 Å². The number of rotatable bonds is 0. The zero-order valence-corrected chi connectivity index (χ0v) is 13.9. The number of aliphatic hydroxyl groups is 2. The molecule has 0 saturated heterocycles. The molecule has 0 aromatic rings. The van der Waals surface area contributed by atoms with Gasteiger partial charge in [0, 0.05) is 11.8 Å². The molecule has 3 nitrogen and oxygen atoms in total. The van der Waals surface area contributed by atoms with Crippen LogP contribution in [0.15, 0.2) is 0 Å². The Morgan fingerprint density at radius 2 is 1.77 bits per heavy atom. The number of fused-ring (bicyclic) bond motifs is 5. The van der Waals surface area contributed by atoms with E-state index in [0.29, 0.717) is 29.5 Å². The highest BCUT2D eigenvalue weighted by atomic mass is 16.3. The van der Waals surface area contributed by atoms with Crippen molar-refractivity contribution in [3.8, 4) is 0 Å². The predicted molar refractivity (Wildman–Crippen MR) is 84.1 cm³/mol. The van der Waals surface area contributed by atoms with Gasteiger partial charge in [-0.1, -0.05) is 13.8 Å². The lowest BCUT2D eigenvalue weighted by Gasteiger charge is -2.60. The molecule has 22 heavy (non-hydrogen) atoms. The molecule has 0 aromatic carbocycles. The molecule has 0 aliphatic heterocycles. The molecule has 4 aliphatic carbocycles. The highest BCUT2D eigenvalue weighted by Gasteiger charge is 2.60. The first-order chi connectivity index (χ1) is 10.4. The first-order valence-corrected chi connectivity index (χ1v) is 9.25. The van der Waals surface area contributed by atoms with Gasteiger partial charge < -0.3 is 10.2 Å². The number of carbonyl (C=O) groups is 1. The maximum Gasteiger partial charge on any atom is 0.139 e. The largest absolute Gasteiger partial charge is 0.390 e. The lowest BCUT2D eigenvalue weighted by atomic mass is 9.45. The molecule has 0 amide bonds. The minimum absolute atomic E-state index is 0.0584. The number of hydrogen-bond acceptors (Lipinski definition) is 3. The third-order valence-corrected chi connectivity index (χ3v) is 8.39. The van der Waals surface area contributed by atoms with Crippen molar-refractivity contribution < 1.29 is 15.0 Å². The lowest BCUT2D eigenvalue weighted by molar-refractivity contribution is -0.160. The molecule has 0 aromatic heterocycles. The van der Waals surface area contributed by atoms with Gasteiger partial charge in [-0.25, -0.2) is 0 Å². The van der Waals surface area contributed by atoms with Crippen LogP contribution in [0.25, 0.3) is 0 Å². The summed E-state index contributed by atoms with van der Waals surface area (Å²) < 4.78 is 0. The number of ketones is 1. The molecule has 0 spiro atoms. The Kier molecular flexibility index (Phi) is 3.30. The number of Topliss-reactive ketones (excluding diaryl/α,β-unsaturated/α-hetero) is 1. The van der Waals surface area contributed by atoms with Gasteiger partial charge in [0.2, 0.25) is 0 Å². The topological polar surface area (TPSA) is 57.5 Å². The molecular weight excluding hydrogens is 276 g/mol. The summed E-state index contributed by atoms with van der Waals surface area (Å²) in [4.78, 5) is 12.4. The van der Waals surface area contributed by atoms with Gasteiger partial charge in [0.25, 0.3) is 0 Å². The van der Waals surface area contributed by atoms with Gasteiger partial charge in [-0.3, -0.25) is 4.79 Å². The van der Waals surface area contributed by atoms with E-state index < -0.39 is 12.2 Å². The number of carbonyl (C=O) groups excluding carboxylic acids is 1. The maximum atomic E-state index is 12.4. The quantitative estimate of drug-likeness (QED) is 0.723. The summed E-state index contributed by atoms with van der Waals surface area (Å²) in [7, 11) is 0. The lowest BCUT2D eigenvalue weighted by Crippen LogP contribution is -2.56.